The minimum absolute atomic E-state index is 0.0189. The summed E-state index contributed by atoms with van der Waals surface area (Å²) in [5.74, 6) is -0.481. The molecule has 1 fully saturated rings. The monoisotopic (exact) mass is 272 g/mol. The summed E-state index contributed by atoms with van der Waals surface area (Å²) in [5, 5.41) is 22.9. The zero-order chi connectivity index (χ0) is 14.3. The molecule has 0 heterocycles. The first-order valence-electron chi connectivity index (χ1n) is 6.97. The van der Waals surface area contributed by atoms with Crippen molar-refractivity contribution in [2.45, 2.75) is 57.5 Å². The molecule has 4 N–H and O–H groups in total. The average molecular weight is 272 g/mol. The van der Waals surface area contributed by atoms with E-state index in [0.29, 0.717) is 5.92 Å². The Balaban J connectivity index is 2.39. The van der Waals surface area contributed by atoms with Crippen molar-refractivity contribution in [3.8, 4) is 0 Å². The lowest BCUT2D eigenvalue weighted by molar-refractivity contribution is -0.139. The summed E-state index contributed by atoms with van der Waals surface area (Å²) in [6.07, 6.45) is 5.34. The number of carboxylic acids is 1. The first-order valence-corrected chi connectivity index (χ1v) is 6.97. The van der Waals surface area contributed by atoms with Crippen molar-refractivity contribution in [2.24, 2.45) is 5.92 Å². The average Bonchev–Trinajstić information content (AvgIpc) is 2.38. The van der Waals surface area contributed by atoms with Crippen LogP contribution in [0.15, 0.2) is 0 Å². The van der Waals surface area contributed by atoms with Gasteiger partial charge in [-0.05, 0) is 18.8 Å². The highest BCUT2D eigenvalue weighted by atomic mass is 16.4. The molecule has 0 aromatic carbocycles. The molecule has 0 aromatic heterocycles. The van der Waals surface area contributed by atoms with Crippen LogP contribution in [0.25, 0.3) is 0 Å². The normalized spacial score (nSPS) is 24.5. The van der Waals surface area contributed by atoms with E-state index in [2.05, 4.69) is 17.6 Å². The number of aliphatic hydroxyl groups excluding tert-OH is 1. The summed E-state index contributed by atoms with van der Waals surface area (Å²) >= 11 is 0. The van der Waals surface area contributed by atoms with Crippen LogP contribution >= 0.6 is 0 Å². The third-order valence-electron chi connectivity index (χ3n) is 3.72. The zero-order valence-corrected chi connectivity index (χ0v) is 11.4. The maximum absolute atomic E-state index is 11.7. The van der Waals surface area contributed by atoms with E-state index in [9.17, 15) is 9.59 Å². The summed E-state index contributed by atoms with van der Waals surface area (Å²) in [6, 6.07) is -1.36. The molecule has 1 aliphatic carbocycles. The quantitative estimate of drug-likeness (QED) is 0.581. The number of carboxylic acid groups (broad SMARTS) is 1. The largest absolute Gasteiger partial charge is 0.480 e. The highest BCUT2D eigenvalue weighted by Crippen LogP contribution is 2.26. The summed E-state index contributed by atoms with van der Waals surface area (Å²) in [6.45, 7) is 1.88. The van der Waals surface area contributed by atoms with Gasteiger partial charge >= 0.3 is 12.0 Å². The number of rotatable bonds is 6. The lowest BCUT2D eigenvalue weighted by Crippen LogP contribution is -2.50. The predicted molar refractivity (Wildman–Crippen MR) is 70.8 cm³/mol. The van der Waals surface area contributed by atoms with Gasteiger partial charge in [0.05, 0.1) is 0 Å². The van der Waals surface area contributed by atoms with Crippen molar-refractivity contribution in [2.75, 3.05) is 6.61 Å². The summed E-state index contributed by atoms with van der Waals surface area (Å²) in [5.41, 5.74) is 0. The molecule has 3 atom stereocenters. The highest BCUT2D eigenvalue weighted by molar-refractivity contribution is 5.82. The minimum Gasteiger partial charge on any atom is -0.480 e. The first kappa shape index (κ1) is 15.8. The van der Waals surface area contributed by atoms with Crippen LogP contribution in [-0.4, -0.2) is 40.9 Å². The van der Waals surface area contributed by atoms with E-state index >= 15 is 0 Å². The van der Waals surface area contributed by atoms with Gasteiger partial charge in [0.25, 0.3) is 0 Å². The molecule has 2 amide bonds. The number of aliphatic carboxylic acids is 1. The molecule has 6 heteroatoms. The molecule has 1 saturated carbocycles. The van der Waals surface area contributed by atoms with Gasteiger partial charge in [-0.2, -0.15) is 0 Å². The van der Waals surface area contributed by atoms with Crippen LogP contribution in [0.1, 0.15) is 45.4 Å². The maximum Gasteiger partial charge on any atom is 0.326 e. The lowest BCUT2D eigenvalue weighted by atomic mass is 9.84. The van der Waals surface area contributed by atoms with Gasteiger partial charge in [-0.15, -0.1) is 0 Å². The van der Waals surface area contributed by atoms with Gasteiger partial charge in [-0.1, -0.05) is 26.2 Å². The second-order valence-electron chi connectivity index (χ2n) is 5.16. The van der Waals surface area contributed by atoms with Crippen molar-refractivity contribution in [1.82, 2.24) is 10.6 Å². The van der Waals surface area contributed by atoms with Gasteiger partial charge in [0.1, 0.15) is 6.04 Å². The number of carbonyl (C=O) groups is 2. The Hall–Kier alpha value is -1.30. The predicted octanol–water partition coefficient (Wildman–Crippen LogP) is 1.09. The van der Waals surface area contributed by atoms with E-state index < -0.39 is 18.0 Å². The van der Waals surface area contributed by atoms with Crippen LogP contribution < -0.4 is 10.6 Å². The standard InChI is InChI=1S/C13H24N2O4/c1-2-9-4-3-5-10(8-9)14-13(19)15-11(6-7-16)12(17)18/h9-11,16H,2-8H2,1H3,(H,17,18)(H2,14,15,19). The second kappa shape index (κ2) is 7.99. The van der Waals surface area contributed by atoms with Gasteiger partial charge in [0.15, 0.2) is 0 Å². The fraction of sp³-hybridized carbons (Fsp3) is 0.846. The number of amides is 2. The number of carbonyl (C=O) groups excluding carboxylic acids is 1. The molecule has 1 aliphatic rings. The van der Waals surface area contributed by atoms with Crippen LogP contribution in [0.5, 0.6) is 0 Å². The van der Waals surface area contributed by atoms with E-state index in [4.69, 9.17) is 10.2 Å². The topological polar surface area (TPSA) is 98.7 Å². The van der Waals surface area contributed by atoms with E-state index in [0.717, 1.165) is 25.7 Å². The third kappa shape index (κ3) is 5.46. The summed E-state index contributed by atoms with van der Waals surface area (Å²) < 4.78 is 0. The molecule has 0 spiro atoms. The van der Waals surface area contributed by atoms with E-state index in [1.165, 1.54) is 6.42 Å². The minimum atomic E-state index is -1.13. The fourth-order valence-corrected chi connectivity index (χ4v) is 2.56. The van der Waals surface area contributed by atoms with E-state index in [1.807, 2.05) is 0 Å². The third-order valence-corrected chi connectivity index (χ3v) is 3.72. The van der Waals surface area contributed by atoms with E-state index in [1.54, 1.807) is 0 Å². The Labute approximate surface area is 113 Å². The Bertz CT molecular complexity index is 309. The number of hydrogen-bond donors (Lipinski definition) is 4. The summed E-state index contributed by atoms with van der Waals surface area (Å²) in [4.78, 5) is 22.6. The Morgan fingerprint density at radius 2 is 2.11 bits per heavy atom. The van der Waals surface area contributed by atoms with Crippen LogP contribution in [0.2, 0.25) is 0 Å². The smallest absolute Gasteiger partial charge is 0.326 e. The summed E-state index contributed by atoms with van der Waals surface area (Å²) in [7, 11) is 0. The Morgan fingerprint density at radius 1 is 1.37 bits per heavy atom. The van der Waals surface area contributed by atoms with Gasteiger partial charge in [-0.25, -0.2) is 9.59 Å². The number of nitrogens with one attached hydrogen (secondary N) is 2. The fourth-order valence-electron chi connectivity index (χ4n) is 2.56. The van der Waals surface area contributed by atoms with Crippen LogP contribution in [0.3, 0.4) is 0 Å². The lowest BCUT2D eigenvalue weighted by Gasteiger charge is -2.29. The molecule has 110 valence electrons. The number of hydrogen-bond acceptors (Lipinski definition) is 3. The Morgan fingerprint density at radius 3 is 2.68 bits per heavy atom. The molecule has 1 rings (SSSR count). The molecule has 3 unspecified atom stereocenters. The molecule has 0 radical (unpaired) electrons. The van der Waals surface area contributed by atoms with Gasteiger partial charge in [0, 0.05) is 19.1 Å². The second-order valence-corrected chi connectivity index (χ2v) is 5.16. The van der Waals surface area contributed by atoms with Gasteiger partial charge in [0.2, 0.25) is 0 Å². The molecule has 0 aliphatic heterocycles. The molecule has 0 saturated heterocycles. The molecule has 19 heavy (non-hydrogen) atoms. The van der Waals surface area contributed by atoms with Crippen LogP contribution in [-0.2, 0) is 4.79 Å². The molecular formula is C13H24N2O4. The zero-order valence-electron chi connectivity index (χ0n) is 11.4. The van der Waals surface area contributed by atoms with Crippen molar-refractivity contribution in [1.29, 1.82) is 0 Å². The van der Waals surface area contributed by atoms with Gasteiger partial charge < -0.3 is 20.8 Å². The molecule has 0 bridgehead atoms. The van der Waals surface area contributed by atoms with Crippen molar-refractivity contribution in [3.63, 3.8) is 0 Å². The van der Waals surface area contributed by atoms with Crippen molar-refractivity contribution < 1.29 is 19.8 Å². The maximum atomic E-state index is 11.7. The Kier molecular flexibility index (Phi) is 6.62. The molecule has 0 aromatic rings. The molecule has 6 nitrogen and oxygen atoms in total. The van der Waals surface area contributed by atoms with Crippen LogP contribution in [0.4, 0.5) is 4.79 Å². The number of aliphatic hydroxyl groups is 1. The SMILES string of the molecule is CCC1CCCC(NC(=O)NC(CCO)C(=O)O)C1. The first-order chi connectivity index (χ1) is 9.06. The van der Waals surface area contributed by atoms with Gasteiger partial charge in [-0.3, -0.25) is 0 Å². The number of urea groups is 1. The van der Waals surface area contributed by atoms with Crippen molar-refractivity contribution in [3.05, 3.63) is 0 Å². The van der Waals surface area contributed by atoms with Crippen LogP contribution in [0, 0.1) is 5.92 Å². The van der Waals surface area contributed by atoms with Crippen molar-refractivity contribution >= 4 is 12.0 Å². The highest BCUT2D eigenvalue weighted by Gasteiger charge is 2.24. The van der Waals surface area contributed by atoms with E-state index in [-0.39, 0.29) is 19.1 Å². The molecular weight excluding hydrogens is 248 g/mol.